The number of phenolic OH excluding ortho intramolecular Hbond substituents is 1. The topological polar surface area (TPSA) is 122 Å². The third-order valence-electron chi connectivity index (χ3n) is 3.05. The van der Waals surface area contributed by atoms with Gasteiger partial charge in [0.25, 0.3) is 0 Å². The second-order valence-electron chi connectivity index (χ2n) is 4.64. The average molecular weight is 357 g/mol. The van der Waals surface area contributed by atoms with E-state index in [2.05, 4.69) is 5.32 Å². The van der Waals surface area contributed by atoms with Crippen molar-refractivity contribution in [3.8, 4) is 17.2 Å². The lowest BCUT2D eigenvalue weighted by Crippen LogP contribution is -2.42. The van der Waals surface area contributed by atoms with Gasteiger partial charge in [-0.15, -0.1) is 0 Å². The van der Waals surface area contributed by atoms with E-state index in [1.54, 1.807) is 6.92 Å². The molecule has 0 fully saturated rings. The van der Waals surface area contributed by atoms with Crippen LogP contribution in [0, 0.1) is 0 Å². The monoisotopic (exact) mass is 357 g/mol. The number of aliphatic carboxylic acids is 1. The van der Waals surface area contributed by atoms with E-state index >= 15 is 0 Å². The van der Waals surface area contributed by atoms with Crippen LogP contribution in [0.3, 0.4) is 0 Å². The lowest BCUT2D eigenvalue weighted by Gasteiger charge is -2.14. The quantitative estimate of drug-likeness (QED) is 0.636. The zero-order chi connectivity index (χ0) is 18.3. The Morgan fingerprint density at radius 2 is 1.75 bits per heavy atom. The Hall–Kier alpha value is -2.42. The van der Waals surface area contributed by atoms with Crippen molar-refractivity contribution >= 4 is 28.8 Å². The standard InChI is InChI=1S/C15H19NO7S/c1-4-12(17)16-9(14(19)20)7-24-15(21)8-5-10(22-2)13(18)11(6-8)23-3/h5-6,9,18H,4,7H2,1-3H3,(H,16,17)(H,19,20)/t9-/m0/s1. The fraction of sp³-hybridized carbons (Fsp3) is 0.400. The van der Waals surface area contributed by atoms with Crippen LogP contribution in [0.1, 0.15) is 23.7 Å². The molecule has 0 aliphatic carbocycles. The molecule has 1 rings (SSSR count). The van der Waals surface area contributed by atoms with Gasteiger partial charge in [0.1, 0.15) is 6.04 Å². The summed E-state index contributed by atoms with van der Waals surface area (Å²) in [6, 6.07) is 1.48. The summed E-state index contributed by atoms with van der Waals surface area (Å²) in [6.45, 7) is 1.60. The number of rotatable bonds is 8. The molecular formula is C15H19NO7S. The first-order valence-corrected chi connectivity index (χ1v) is 7.96. The number of hydrogen-bond donors (Lipinski definition) is 3. The zero-order valence-corrected chi connectivity index (χ0v) is 14.3. The van der Waals surface area contributed by atoms with Gasteiger partial charge in [-0.05, 0) is 12.1 Å². The summed E-state index contributed by atoms with van der Waals surface area (Å²) in [5.74, 6) is -1.88. The molecule has 9 heteroatoms. The Bertz CT molecular complexity index is 607. The van der Waals surface area contributed by atoms with Gasteiger partial charge in [0.2, 0.25) is 16.8 Å². The number of methoxy groups -OCH3 is 2. The van der Waals surface area contributed by atoms with E-state index in [4.69, 9.17) is 14.6 Å². The average Bonchev–Trinajstić information content (AvgIpc) is 2.57. The van der Waals surface area contributed by atoms with Gasteiger partial charge in [-0.2, -0.15) is 0 Å². The number of carbonyl (C=O) groups is 3. The van der Waals surface area contributed by atoms with Gasteiger partial charge in [-0.1, -0.05) is 18.7 Å². The van der Waals surface area contributed by atoms with Gasteiger partial charge < -0.3 is 25.0 Å². The minimum absolute atomic E-state index is 0.0624. The number of carboxylic acids is 1. The second kappa shape index (κ2) is 9.02. The molecule has 1 aromatic carbocycles. The number of benzene rings is 1. The van der Waals surface area contributed by atoms with Crippen LogP contribution >= 0.6 is 11.8 Å². The van der Waals surface area contributed by atoms with Gasteiger partial charge in [0.05, 0.1) is 14.2 Å². The molecule has 1 amide bonds. The Morgan fingerprint density at radius 3 is 2.17 bits per heavy atom. The van der Waals surface area contributed by atoms with Gasteiger partial charge in [-0.25, -0.2) is 4.79 Å². The number of hydrogen-bond acceptors (Lipinski definition) is 7. The Labute approximate surface area is 143 Å². The first-order chi connectivity index (χ1) is 11.3. The maximum absolute atomic E-state index is 12.2. The molecule has 3 N–H and O–H groups in total. The fourth-order valence-corrected chi connectivity index (χ4v) is 2.55. The van der Waals surface area contributed by atoms with E-state index in [9.17, 15) is 19.5 Å². The lowest BCUT2D eigenvalue weighted by atomic mass is 10.2. The van der Waals surface area contributed by atoms with Crippen LogP contribution < -0.4 is 14.8 Å². The molecular weight excluding hydrogens is 338 g/mol. The molecule has 0 saturated heterocycles. The highest BCUT2D eigenvalue weighted by atomic mass is 32.2. The number of amides is 1. The molecule has 1 atom stereocenters. The molecule has 0 spiro atoms. The number of ether oxygens (including phenoxy) is 2. The second-order valence-corrected chi connectivity index (χ2v) is 5.63. The molecule has 0 aromatic heterocycles. The summed E-state index contributed by atoms with van der Waals surface area (Å²) < 4.78 is 9.93. The molecule has 132 valence electrons. The Balaban J connectivity index is 2.87. The molecule has 1 aromatic rings. The predicted octanol–water partition coefficient (Wildman–Crippen LogP) is 1.26. The molecule has 8 nitrogen and oxygen atoms in total. The zero-order valence-electron chi connectivity index (χ0n) is 13.5. The maximum Gasteiger partial charge on any atom is 0.327 e. The summed E-state index contributed by atoms with van der Waals surface area (Å²) in [4.78, 5) is 34.7. The summed E-state index contributed by atoms with van der Waals surface area (Å²) >= 11 is 0.735. The molecule has 0 heterocycles. The number of phenols is 1. The third-order valence-corrected chi connectivity index (χ3v) is 4.05. The minimum Gasteiger partial charge on any atom is -0.502 e. The van der Waals surface area contributed by atoms with Gasteiger partial charge in [-0.3, -0.25) is 9.59 Å². The fourth-order valence-electron chi connectivity index (χ4n) is 1.72. The number of carboxylic acid groups (broad SMARTS) is 1. The SMILES string of the molecule is CCC(=O)N[C@@H](CSC(=O)c1cc(OC)c(O)c(OC)c1)C(=O)O. The van der Waals surface area contributed by atoms with E-state index in [1.807, 2.05) is 0 Å². The number of aromatic hydroxyl groups is 1. The molecule has 24 heavy (non-hydrogen) atoms. The minimum atomic E-state index is -1.22. The van der Waals surface area contributed by atoms with Crippen molar-refractivity contribution in [1.29, 1.82) is 0 Å². The van der Waals surface area contributed by atoms with Crippen LogP contribution in [0.2, 0.25) is 0 Å². The normalized spacial score (nSPS) is 11.5. The molecule has 0 aliphatic heterocycles. The van der Waals surface area contributed by atoms with Gasteiger partial charge in [0, 0.05) is 17.7 Å². The van der Waals surface area contributed by atoms with Crippen molar-refractivity contribution in [2.24, 2.45) is 0 Å². The number of nitrogens with one attached hydrogen (secondary N) is 1. The lowest BCUT2D eigenvalue weighted by molar-refractivity contribution is -0.141. The smallest absolute Gasteiger partial charge is 0.327 e. The van der Waals surface area contributed by atoms with E-state index in [-0.39, 0.29) is 35.0 Å². The molecule has 0 saturated carbocycles. The van der Waals surface area contributed by atoms with E-state index in [0.29, 0.717) is 0 Å². The molecule has 0 aliphatic rings. The van der Waals surface area contributed by atoms with Crippen LogP contribution in [-0.2, 0) is 9.59 Å². The highest BCUT2D eigenvalue weighted by Crippen LogP contribution is 2.37. The van der Waals surface area contributed by atoms with Crippen LogP contribution in [-0.4, -0.2) is 53.2 Å². The highest BCUT2D eigenvalue weighted by Gasteiger charge is 2.22. The number of thioether (sulfide) groups is 1. The number of carbonyl (C=O) groups excluding carboxylic acids is 2. The summed E-state index contributed by atoms with van der Waals surface area (Å²) in [5.41, 5.74) is 0.178. The van der Waals surface area contributed by atoms with Crippen LogP contribution in [0.4, 0.5) is 0 Å². The van der Waals surface area contributed by atoms with Gasteiger partial charge >= 0.3 is 5.97 Å². The van der Waals surface area contributed by atoms with E-state index in [0.717, 1.165) is 11.8 Å². The van der Waals surface area contributed by atoms with Crippen molar-refractivity contribution in [3.63, 3.8) is 0 Å². The van der Waals surface area contributed by atoms with Crippen molar-refractivity contribution in [3.05, 3.63) is 17.7 Å². The highest BCUT2D eigenvalue weighted by molar-refractivity contribution is 8.14. The largest absolute Gasteiger partial charge is 0.502 e. The maximum atomic E-state index is 12.2. The summed E-state index contributed by atoms with van der Waals surface area (Å²) in [5, 5.41) is 20.8. The van der Waals surface area contributed by atoms with Crippen molar-refractivity contribution in [1.82, 2.24) is 5.32 Å². The summed E-state index contributed by atoms with van der Waals surface area (Å²) in [6.07, 6.45) is 0.148. The van der Waals surface area contributed by atoms with Crippen LogP contribution in [0.25, 0.3) is 0 Å². The first-order valence-electron chi connectivity index (χ1n) is 6.98. The predicted molar refractivity (Wildman–Crippen MR) is 87.9 cm³/mol. The Morgan fingerprint density at radius 1 is 1.21 bits per heavy atom. The van der Waals surface area contributed by atoms with Crippen LogP contribution in [0.15, 0.2) is 12.1 Å². The van der Waals surface area contributed by atoms with Crippen molar-refractivity contribution in [2.45, 2.75) is 19.4 Å². The third kappa shape index (κ3) is 5.05. The van der Waals surface area contributed by atoms with Crippen LogP contribution in [0.5, 0.6) is 17.2 Å². The molecule has 0 radical (unpaired) electrons. The van der Waals surface area contributed by atoms with E-state index < -0.39 is 23.0 Å². The van der Waals surface area contributed by atoms with E-state index in [1.165, 1.54) is 26.4 Å². The Kier molecular flexibility index (Phi) is 7.37. The van der Waals surface area contributed by atoms with Gasteiger partial charge in [0.15, 0.2) is 11.5 Å². The first kappa shape index (κ1) is 19.6. The summed E-state index contributed by atoms with van der Waals surface area (Å²) in [7, 11) is 2.66. The molecule has 0 unspecified atom stereocenters. The molecule has 0 bridgehead atoms. The van der Waals surface area contributed by atoms with Crippen molar-refractivity contribution < 1.29 is 34.1 Å². The van der Waals surface area contributed by atoms with Crippen molar-refractivity contribution in [2.75, 3.05) is 20.0 Å².